The lowest BCUT2D eigenvalue weighted by atomic mass is 10.1. The fraction of sp³-hybridized carbons (Fsp3) is 0.429. The first-order valence-corrected chi connectivity index (χ1v) is 11.4. The summed E-state index contributed by atoms with van der Waals surface area (Å²) in [5.41, 5.74) is 5.59. The van der Waals surface area contributed by atoms with Gasteiger partial charge in [0.05, 0.1) is 5.52 Å². The van der Waals surface area contributed by atoms with Crippen molar-refractivity contribution >= 4 is 19.1 Å². The van der Waals surface area contributed by atoms with Gasteiger partial charge < -0.3 is 4.23 Å². The van der Waals surface area contributed by atoms with E-state index in [2.05, 4.69) is 92.3 Å². The molecule has 2 aromatic heterocycles. The highest BCUT2D eigenvalue weighted by Crippen LogP contribution is 2.44. The number of nitrogens with zero attached hydrogens (tertiary/aromatic N) is 3. The SMILES string of the molecule is CC(C)[Si](C(C)C)(C(C)C)n1cccc1-c1ccc2ncncc2c1. The number of rotatable bonds is 5. The van der Waals surface area contributed by atoms with Crippen LogP contribution in [0, 0.1) is 0 Å². The third kappa shape index (κ3) is 2.82. The summed E-state index contributed by atoms with van der Waals surface area (Å²) < 4.78 is 2.65. The molecule has 2 heterocycles. The predicted octanol–water partition coefficient (Wildman–Crippen LogP) is 6.12. The zero-order valence-corrected chi connectivity index (χ0v) is 17.2. The molecule has 0 amide bonds. The lowest BCUT2D eigenvalue weighted by molar-refractivity contribution is 0.768. The van der Waals surface area contributed by atoms with E-state index in [-0.39, 0.29) is 0 Å². The monoisotopic (exact) mass is 351 g/mol. The minimum atomic E-state index is -1.76. The van der Waals surface area contributed by atoms with E-state index in [0.29, 0.717) is 16.6 Å². The van der Waals surface area contributed by atoms with Crippen LogP contribution in [-0.4, -0.2) is 22.4 Å². The maximum absolute atomic E-state index is 4.35. The average Bonchev–Trinajstić information content (AvgIpc) is 3.03. The van der Waals surface area contributed by atoms with Gasteiger partial charge in [0.25, 0.3) is 0 Å². The van der Waals surface area contributed by atoms with Gasteiger partial charge >= 0.3 is 0 Å². The van der Waals surface area contributed by atoms with Gasteiger partial charge in [-0.15, -0.1) is 0 Å². The van der Waals surface area contributed by atoms with Crippen molar-refractivity contribution in [1.29, 1.82) is 0 Å². The summed E-state index contributed by atoms with van der Waals surface area (Å²) in [6, 6.07) is 11.0. The van der Waals surface area contributed by atoms with Crippen molar-refractivity contribution in [3.8, 4) is 11.3 Å². The number of benzene rings is 1. The van der Waals surface area contributed by atoms with Crippen LogP contribution in [0.15, 0.2) is 49.1 Å². The van der Waals surface area contributed by atoms with E-state index in [1.54, 1.807) is 6.33 Å². The maximum Gasteiger partial charge on any atom is 0.169 e. The quantitative estimate of drug-likeness (QED) is 0.518. The molecular weight excluding hydrogens is 322 g/mol. The predicted molar refractivity (Wildman–Crippen MR) is 109 cm³/mol. The van der Waals surface area contributed by atoms with Crippen molar-refractivity contribution in [2.45, 2.75) is 58.2 Å². The van der Waals surface area contributed by atoms with Gasteiger partial charge in [-0.2, -0.15) is 0 Å². The third-order valence-corrected chi connectivity index (χ3v) is 12.5. The first-order valence-electron chi connectivity index (χ1n) is 9.27. The van der Waals surface area contributed by atoms with Gasteiger partial charge in [-0.1, -0.05) is 47.6 Å². The zero-order valence-electron chi connectivity index (χ0n) is 16.2. The van der Waals surface area contributed by atoms with Gasteiger partial charge in [0, 0.05) is 17.3 Å². The first kappa shape index (κ1) is 17.9. The Morgan fingerprint density at radius 2 is 1.60 bits per heavy atom. The second-order valence-corrected chi connectivity index (χ2v) is 13.6. The molecule has 0 atom stereocenters. The molecule has 132 valence electrons. The van der Waals surface area contributed by atoms with Crippen molar-refractivity contribution in [1.82, 2.24) is 14.2 Å². The van der Waals surface area contributed by atoms with Crippen LogP contribution in [0.3, 0.4) is 0 Å². The number of hydrogen-bond donors (Lipinski definition) is 0. The summed E-state index contributed by atoms with van der Waals surface area (Å²) in [5, 5.41) is 1.10. The van der Waals surface area contributed by atoms with Crippen LogP contribution in [-0.2, 0) is 0 Å². The Morgan fingerprint density at radius 1 is 0.920 bits per heavy atom. The van der Waals surface area contributed by atoms with Crippen molar-refractivity contribution < 1.29 is 0 Å². The fourth-order valence-corrected chi connectivity index (χ4v) is 11.6. The van der Waals surface area contributed by atoms with Crippen LogP contribution in [0.25, 0.3) is 22.2 Å². The molecular formula is C21H29N3Si. The van der Waals surface area contributed by atoms with E-state index in [1.807, 2.05) is 6.20 Å². The van der Waals surface area contributed by atoms with Crippen LogP contribution in [0.2, 0.25) is 16.6 Å². The molecule has 0 N–H and O–H groups in total. The van der Waals surface area contributed by atoms with E-state index in [0.717, 1.165) is 10.9 Å². The minimum Gasteiger partial charge on any atom is -0.373 e. The first-order chi connectivity index (χ1) is 11.9. The normalized spacial score (nSPS) is 12.7. The second kappa shape index (κ2) is 6.75. The largest absolute Gasteiger partial charge is 0.373 e. The van der Waals surface area contributed by atoms with Crippen molar-refractivity contribution in [2.24, 2.45) is 0 Å². The summed E-state index contributed by atoms with van der Waals surface area (Å²) >= 11 is 0. The molecule has 0 aliphatic rings. The molecule has 1 aromatic carbocycles. The summed E-state index contributed by atoms with van der Waals surface area (Å²) in [6.45, 7) is 14.4. The van der Waals surface area contributed by atoms with E-state index in [4.69, 9.17) is 0 Å². The Labute approximate surface area is 152 Å². The Bertz CT molecular complexity index is 842. The maximum atomic E-state index is 4.35. The molecule has 0 bridgehead atoms. The molecule has 4 heteroatoms. The molecule has 0 unspecified atom stereocenters. The Kier molecular flexibility index (Phi) is 4.83. The van der Waals surface area contributed by atoms with Crippen molar-refractivity contribution in [2.75, 3.05) is 0 Å². The van der Waals surface area contributed by atoms with E-state index in [1.165, 1.54) is 11.3 Å². The number of fused-ring (bicyclic) bond motifs is 1. The molecule has 25 heavy (non-hydrogen) atoms. The van der Waals surface area contributed by atoms with Gasteiger partial charge in [-0.3, -0.25) is 0 Å². The second-order valence-electron chi connectivity index (χ2n) is 7.91. The highest BCUT2D eigenvalue weighted by atomic mass is 28.3. The molecule has 0 spiro atoms. The topological polar surface area (TPSA) is 30.7 Å². The fourth-order valence-electron chi connectivity index (χ4n) is 4.93. The number of aromatic nitrogens is 3. The third-order valence-electron chi connectivity index (χ3n) is 5.74. The minimum absolute atomic E-state index is 0.669. The average molecular weight is 352 g/mol. The molecule has 0 saturated heterocycles. The van der Waals surface area contributed by atoms with Gasteiger partial charge in [0.2, 0.25) is 0 Å². The number of hydrogen-bond acceptors (Lipinski definition) is 2. The lowest BCUT2D eigenvalue weighted by Gasteiger charge is -2.45. The van der Waals surface area contributed by atoms with E-state index >= 15 is 0 Å². The molecule has 0 saturated carbocycles. The Balaban J connectivity index is 2.21. The van der Waals surface area contributed by atoms with Crippen molar-refractivity contribution in [3.05, 3.63) is 49.1 Å². The highest BCUT2D eigenvalue weighted by Gasteiger charge is 2.45. The summed E-state index contributed by atoms with van der Waals surface area (Å²) in [6.07, 6.45) is 5.82. The van der Waals surface area contributed by atoms with Gasteiger partial charge in [-0.05, 0) is 52.6 Å². The summed E-state index contributed by atoms with van der Waals surface area (Å²) in [4.78, 5) is 8.53. The van der Waals surface area contributed by atoms with Crippen LogP contribution in [0.4, 0.5) is 0 Å². The van der Waals surface area contributed by atoms with Crippen molar-refractivity contribution in [3.63, 3.8) is 0 Å². The van der Waals surface area contributed by atoms with Crippen LogP contribution >= 0.6 is 0 Å². The molecule has 3 rings (SSSR count). The Hall–Kier alpha value is -1.94. The standard InChI is InChI=1S/C21H29N3Si/c1-15(2)25(16(3)4,17(5)6)24-11-7-8-21(24)18-9-10-20-19(12-18)13-22-14-23-20/h7-17H,1-6H3. The lowest BCUT2D eigenvalue weighted by Crippen LogP contribution is -2.51. The van der Waals surface area contributed by atoms with Crippen LogP contribution in [0.5, 0.6) is 0 Å². The smallest absolute Gasteiger partial charge is 0.169 e. The summed E-state index contributed by atoms with van der Waals surface area (Å²) in [5.74, 6) is 0. The van der Waals surface area contributed by atoms with Gasteiger partial charge in [-0.25, -0.2) is 9.97 Å². The summed E-state index contributed by atoms with van der Waals surface area (Å²) in [7, 11) is -1.76. The van der Waals surface area contributed by atoms with Crippen LogP contribution < -0.4 is 0 Å². The molecule has 3 aromatic rings. The molecule has 0 radical (unpaired) electrons. The van der Waals surface area contributed by atoms with Gasteiger partial charge in [0.15, 0.2) is 8.24 Å². The van der Waals surface area contributed by atoms with Gasteiger partial charge in [0.1, 0.15) is 6.33 Å². The van der Waals surface area contributed by atoms with E-state index < -0.39 is 8.24 Å². The zero-order chi connectivity index (χ0) is 18.2. The Morgan fingerprint density at radius 3 is 2.24 bits per heavy atom. The molecule has 3 nitrogen and oxygen atoms in total. The molecule has 0 aliphatic heterocycles. The van der Waals surface area contributed by atoms with Crippen LogP contribution in [0.1, 0.15) is 41.5 Å². The molecule has 0 fully saturated rings. The highest BCUT2D eigenvalue weighted by molar-refractivity contribution is 6.82. The van der Waals surface area contributed by atoms with E-state index in [9.17, 15) is 0 Å². The molecule has 0 aliphatic carbocycles.